The fourth-order valence-electron chi connectivity index (χ4n) is 1.29. The first kappa shape index (κ1) is 11.1. The van der Waals surface area contributed by atoms with Crippen molar-refractivity contribution in [2.45, 2.75) is 13.0 Å². The molecule has 0 aromatic carbocycles. The average Bonchev–Trinajstić information content (AvgIpc) is 2.15. The molecule has 0 bridgehead atoms. The lowest BCUT2D eigenvalue weighted by atomic mass is 10.3. The first-order valence-electron chi connectivity index (χ1n) is 4.40. The number of aliphatic carboxylic acids is 1. The lowest BCUT2D eigenvalue weighted by Gasteiger charge is -2.32. The van der Waals surface area contributed by atoms with Gasteiger partial charge in [-0.25, -0.2) is 4.79 Å². The SMILES string of the molecule is CC1CSCCN1C(=O)C=CC(=O)O. The van der Waals surface area contributed by atoms with Crippen LogP contribution in [0.3, 0.4) is 0 Å². The summed E-state index contributed by atoms with van der Waals surface area (Å²) in [6.45, 7) is 2.67. The van der Waals surface area contributed by atoms with E-state index < -0.39 is 5.97 Å². The zero-order valence-corrected chi connectivity index (χ0v) is 8.79. The summed E-state index contributed by atoms with van der Waals surface area (Å²) < 4.78 is 0. The number of hydrogen-bond acceptors (Lipinski definition) is 3. The number of rotatable bonds is 2. The van der Waals surface area contributed by atoms with E-state index in [-0.39, 0.29) is 11.9 Å². The van der Waals surface area contributed by atoms with Gasteiger partial charge in [-0.05, 0) is 6.92 Å². The minimum atomic E-state index is -1.09. The van der Waals surface area contributed by atoms with Crippen LogP contribution in [0.5, 0.6) is 0 Å². The van der Waals surface area contributed by atoms with Crippen molar-refractivity contribution in [2.75, 3.05) is 18.1 Å². The molecular formula is C9H13NO3S. The van der Waals surface area contributed by atoms with E-state index in [0.29, 0.717) is 6.54 Å². The van der Waals surface area contributed by atoms with Crippen LogP contribution in [0.4, 0.5) is 0 Å². The Labute approximate surface area is 87.0 Å². The van der Waals surface area contributed by atoms with Crippen LogP contribution in [-0.2, 0) is 9.59 Å². The maximum atomic E-state index is 11.5. The summed E-state index contributed by atoms with van der Waals surface area (Å²) in [5.74, 6) is 0.557. The van der Waals surface area contributed by atoms with Gasteiger partial charge in [0.15, 0.2) is 0 Å². The average molecular weight is 215 g/mol. The lowest BCUT2D eigenvalue weighted by Crippen LogP contribution is -2.43. The highest BCUT2D eigenvalue weighted by Gasteiger charge is 2.21. The number of carboxylic acids is 1. The second-order valence-corrected chi connectivity index (χ2v) is 4.28. The number of amides is 1. The number of carbonyl (C=O) groups excluding carboxylic acids is 1. The summed E-state index contributed by atoms with van der Waals surface area (Å²) in [7, 11) is 0. The highest BCUT2D eigenvalue weighted by molar-refractivity contribution is 7.99. The van der Waals surface area contributed by atoms with Crippen molar-refractivity contribution in [3.8, 4) is 0 Å². The third kappa shape index (κ3) is 3.06. The Hall–Kier alpha value is -0.970. The predicted octanol–water partition coefficient (Wildman–Crippen LogP) is 0.591. The van der Waals surface area contributed by atoms with E-state index in [1.165, 1.54) is 0 Å². The summed E-state index contributed by atoms with van der Waals surface area (Å²) in [6, 6.07) is 0.194. The van der Waals surface area contributed by atoms with Gasteiger partial charge in [-0.15, -0.1) is 0 Å². The summed E-state index contributed by atoms with van der Waals surface area (Å²) in [6.07, 6.45) is 2.01. The molecule has 0 spiro atoms. The number of nitrogens with zero attached hydrogens (tertiary/aromatic N) is 1. The summed E-state index contributed by atoms with van der Waals surface area (Å²) >= 11 is 1.81. The fourth-order valence-corrected chi connectivity index (χ4v) is 2.31. The quantitative estimate of drug-likeness (QED) is 0.685. The number of carboxylic acid groups (broad SMARTS) is 1. The normalized spacial score (nSPS) is 22.6. The molecule has 5 heteroatoms. The molecule has 1 heterocycles. The molecule has 1 amide bonds. The zero-order valence-electron chi connectivity index (χ0n) is 7.97. The summed E-state index contributed by atoms with van der Waals surface area (Å²) in [4.78, 5) is 23.4. The molecule has 0 radical (unpaired) electrons. The van der Waals surface area contributed by atoms with Gasteiger partial charge in [-0.2, -0.15) is 11.8 Å². The van der Waals surface area contributed by atoms with E-state index in [0.717, 1.165) is 23.7 Å². The van der Waals surface area contributed by atoms with Crippen molar-refractivity contribution in [1.82, 2.24) is 4.90 Å². The molecule has 1 rings (SSSR count). The van der Waals surface area contributed by atoms with Gasteiger partial charge < -0.3 is 10.0 Å². The molecule has 14 heavy (non-hydrogen) atoms. The van der Waals surface area contributed by atoms with E-state index in [1.54, 1.807) is 4.90 Å². The smallest absolute Gasteiger partial charge is 0.328 e. The van der Waals surface area contributed by atoms with Gasteiger partial charge in [0.25, 0.3) is 0 Å². The Kier molecular flexibility index (Phi) is 4.00. The minimum absolute atomic E-state index is 0.194. The van der Waals surface area contributed by atoms with Gasteiger partial charge >= 0.3 is 5.97 Å². The maximum absolute atomic E-state index is 11.5. The van der Waals surface area contributed by atoms with Crippen LogP contribution in [-0.4, -0.2) is 46.0 Å². The molecule has 1 aliphatic rings. The van der Waals surface area contributed by atoms with Crippen molar-refractivity contribution in [2.24, 2.45) is 0 Å². The highest BCUT2D eigenvalue weighted by atomic mass is 32.2. The Morgan fingerprint density at radius 2 is 2.21 bits per heavy atom. The van der Waals surface area contributed by atoms with Crippen molar-refractivity contribution >= 4 is 23.6 Å². The Morgan fingerprint density at radius 3 is 2.79 bits per heavy atom. The molecule has 1 aliphatic heterocycles. The van der Waals surface area contributed by atoms with Gasteiger partial charge in [-0.3, -0.25) is 4.79 Å². The third-order valence-corrected chi connectivity index (χ3v) is 3.21. The molecule has 4 nitrogen and oxygen atoms in total. The number of hydrogen-bond donors (Lipinski definition) is 1. The Balaban J connectivity index is 2.54. The molecule has 1 fully saturated rings. The molecule has 0 aliphatic carbocycles. The molecule has 78 valence electrons. The van der Waals surface area contributed by atoms with Crippen LogP contribution in [0, 0.1) is 0 Å². The number of carbonyl (C=O) groups is 2. The van der Waals surface area contributed by atoms with Crippen LogP contribution in [0.15, 0.2) is 12.2 Å². The molecule has 1 saturated heterocycles. The summed E-state index contributed by atoms with van der Waals surface area (Å²) in [5, 5.41) is 8.36. The van der Waals surface area contributed by atoms with Crippen molar-refractivity contribution < 1.29 is 14.7 Å². The second kappa shape index (κ2) is 5.05. The first-order valence-corrected chi connectivity index (χ1v) is 5.56. The van der Waals surface area contributed by atoms with Crippen molar-refractivity contribution in [3.05, 3.63) is 12.2 Å². The molecular weight excluding hydrogens is 202 g/mol. The molecule has 1 N–H and O–H groups in total. The Morgan fingerprint density at radius 1 is 1.50 bits per heavy atom. The van der Waals surface area contributed by atoms with Gasteiger partial charge in [0.2, 0.25) is 5.91 Å². The Bertz CT molecular complexity index is 265. The zero-order chi connectivity index (χ0) is 10.6. The minimum Gasteiger partial charge on any atom is -0.478 e. The number of thioether (sulfide) groups is 1. The van der Waals surface area contributed by atoms with Crippen LogP contribution >= 0.6 is 11.8 Å². The van der Waals surface area contributed by atoms with Gasteiger partial charge in [0.05, 0.1) is 0 Å². The van der Waals surface area contributed by atoms with E-state index in [4.69, 9.17) is 5.11 Å². The first-order chi connectivity index (χ1) is 6.61. The third-order valence-electron chi connectivity index (χ3n) is 2.02. The second-order valence-electron chi connectivity index (χ2n) is 3.13. The van der Waals surface area contributed by atoms with Gasteiger partial charge in [-0.1, -0.05) is 0 Å². The molecule has 0 saturated carbocycles. The van der Waals surface area contributed by atoms with Crippen molar-refractivity contribution in [3.63, 3.8) is 0 Å². The highest BCUT2D eigenvalue weighted by Crippen LogP contribution is 2.15. The van der Waals surface area contributed by atoms with Crippen LogP contribution in [0.1, 0.15) is 6.92 Å². The van der Waals surface area contributed by atoms with Gasteiger partial charge in [0.1, 0.15) is 0 Å². The largest absolute Gasteiger partial charge is 0.478 e. The molecule has 1 unspecified atom stereocenters. The molecule has 0 aromatic heterocycles. The van der Waals surface area contributed by atoms with E-state index in [1.807, 2.05) is 18.7 Å². The topological polar surface area (TPSA) is 57.6 Å². The van der Waals surface area contributed by atoms with Gasteiger partial charge in [0, 0.05) is 36.2 Å². The van der Waals surface area contributed by atoms with E-state index in [2.05, 4.69) is 0 Å². The van der Waals surface area contributed by atoms with Crippen LogP contribution < -0.4 is 0 Å². The molecule has 0 aromatic rings. The maximum Gasteiger partial charge on any atom is 0.328 e. The standard InChI is InChI=1S/C9H13NO3S/c1-7-6-14-5-4-10(7)8(11)2-3-9(12)13/h2-3,7H,4-6H2,1H3,(H,12,13). The van der Waals surface area contributed by atoms with E-state index in [9.17, 15) is 9.59 Å². The lowest BCUT2D eigenvalue weighted by molar-refractivity contribution is -0.132. The fraction of sp³-hybridized carbons (Fsp3) is 0.556. The predicted molar refractivity (Wildman–Crippen MR) is 55.3 cm³/mol. The van der Waals surface area contributed by atoms with E-state index >= 15 is 0 Å². The molecule has 1 atom stereocenters. The van der Waals surface area contributed by atoms with Crippen molar-refractivity contribution in [1.29, 1.82) is 0 Å². The monoisotopic (exact) mass is 215 g/mol. The van der Waals surface area contributed by atoms with Crippen LogP contribution in [0.2, 0.25) is 0 Å². The van der Waals surface area contributed by atoms with Crippen LogP contribution in [0.25, 0.3) is 0 Å². The summed E-state index contributed by atoms with van der Waals surface area (Å²) in [5.41, 5.74) is 0.